The number of aromatic hydroxyl groups is 1. The molecule has 8 heteroatoms. The molecule has 1 atom stereocenters. The van der Waals surface area contributed by atoms with E-state index >= 15 is 0 Å². The number of aromatic amines is 1. The van der Waals surface area contributed by atoms with E-state index in [4.69, 9.17) is 0 Å². The highest BCUT2D eigenvalue weighted by Gasteiger charge is 2.28. The molecular formula is C21H24FN5O2. The first kappa shape index (κ1) is 19.3. The summed E-state index contributed by atoms with van der Waals surface area (Å²) < 4.78 is 13.9. The molecule has 3 N–H and O–H groups in total. The van der Waals surface area contributed by atoms with Gasteiger partial charge in [0.15, 0.2) is 17.2 Å². The number of halogens is 1. The molecule has 0 radical (unpaired) electrons. The second kappa shape index (κ2) is 7.44. The van der Waals surface area contributed by atoms with Crippen molar-refractivity contribution in [2.45, 2.75) is 26.8 Å². The summed E-state index contributed by atoms with van der Waals surface area (Å²) in [6, 6.07) is 5.98. The number of carbonyl (C=O) groups excluding carboxylic acids is 1. The fourth-order valence-electron chi connectivity index (χ4n) is 3.75. The number of pyridine rings is 1. The molecule has 4 rings (SSSR count). The molecule has 1 aliphatic rings. The largest absolute Gasteiger partial charge is 0.505 e. The Morgan fingerprint density at radius 3 is 2.86 bits per heavy atom. The van der Waals surface area contributed by atoms with Crippen LogP contribution in [0.15, 0.2) is 24.3 Å². The predicted octanol–water partition coefficient (Wildman–Crippen LogP) is 2.85. The molecule has 1 aromatic carbocycles. The normalized spacial score (nSPS) is 17.3. The fourth-order valence-corrected chi connectivity index (χ4v) is 3.75. The van der Waals surface area contributed by atoms with Gasteiger partial charge in [0, 0.05) is 31.2 Å². The number of H-pyrrole nitrogens is 1. The van der Waals surface area contributed by atoms with Crippen LogP contribution in [0.1, 0.15) is 29.9 Å². The molecule has 0 bridgehead atoms. The number of aromatic nitrogens is 3. The summed E-state index contributed by atoms with van der Waals surface area (Å²) >= 11 is 0. The van der Waals surface area contributed by atoms with E-state index in [2.05, 4.69) is 34.3 Å². The quantitative estimate of drug-likeness (QED) is 0.632. The lowest BCUT2D eigenvalue weighted by Gasteiger charge is -2.36. The Morgan fingerprint density at radius 1 is 1.34 bits per heavy atom. The Hall–Kier alpha value is -3.00. The van der Waals surface area contributed by atoms with Crippen LogP contribution < -0.4 is 5.32 Å². The standard InChI is InChI=1S/C21H24FN5O2/c1-11(2)17-10-27(7-6-23-17)21(29)14-9-16(13-4-5-18(28)15(22)8-13)24-20-19(14)12(3)25-26-20/h4-5,8-9,11,17,23,28H,6-7,10H2,1-3H3,(H,24,25,26). The summed E-state index contributed by atoms with van der Waals surface area (Å²) in [6.07, 6.45) is 0. The van der Waals surface area contributed by atoms with Crippen LogP contribution in [0.3, 0.4) is 0 Å². The van der Waals surface area contributed by atoms with Crippen molar-refractivity contribution in [1.82, 2.24) is 25.4 Å². The second-order valence-corrected chi connectivity index (χ2v) is 7.81. The van der Waals surface area contributed by atoms with Crippen molar-refractivity contribution in [2.75, 3.05) is 19.6 Å². The second-order valence-electron chi connectivity index (χ2n) is 7.81. The van der Waals surface area contributed by atoms with Crippen LogP contribution in [0, 0.1) is 18.7 Å². The number of rotatable bonds is 3. The number of phenols is 1. The van der Waals surface area contributed by atoms with Crippen molar-refractivity contribution in [2.24, 2.45) is 5.92 Å². The van der Waals surface area contributed by atoms with Gasteiger partial charge in [0.1, 0.15) is 0 Å². The van der Waals surface area contributed by atoms with Crippen LogP contribution in [-0.4, -0.2) is 56.8 Å². The Bertz CT molecular complexity index is 1080. The summed E-state index contributed by atoms with van der Waals surface area (Å²) in [5, 5.41) is 20.7. The molecule has 2 aromatic heterocycles. The van der Waals surface area contributed by atoms with Crippen LogP contribution in [0.5, 0.6) is 5.75 Å². The van der Waals surface area contributed by atoms with E-state index in [-0.39, 0.29) is 11.9 Å². The van der Waals surface area contributed by atoms with E-state index in [1.165, 1.54) is 12.1 Å². The minimum atomic E-state index is -0.736. The van der Waals surface area contributed by atoms with Crippen LogP contribution >= 0.6 is 0 Å². The molecule has 1 amide bonds. The lowest BCUT2D eigenvalue weighted by molar-refractivity contribution is 0.0685. The van der Waals surface area contributed by atoms with E-state index < -0.39 is 11.6 Å². The monoisotopic (exact) mass is 397 g/mol. The summed E-state index contributed by atoms with van der Waals surface area (Å²) in [5.74, 6) is -0.840. The molecular weight excluding hydrogens is 373 g/mol. The highest BCUT2D eigenvalue weighted by Crippen LogP contribution is 2.29. The first-order valence-electron chi connectivity index (χ1n) is 9.72. The zero-order chi connectivity index (χ0) is 20.7. The number of nitrogens with zero attached hydrogens (tertiary/aromatic N) is 3. The van der Waals surface area contributed by atoms with Gasteiger partial charge in [0.25, 0.3) is 5.91 Å². The lowest BCUT2D eigenvalue weighted by atomic mass is 10.00. The van der Waals surface area contributed by atoms with Crippen LogP contribution in [-0.2, 0) is 0 Å². The Labute approximate surface area is 167 Å². The van der Waals surface area contributed by atoms with Gasteiger partial charge >= 0.3 is 0 Å². The molecule has 0 aliphatic carbocycles. The number of hydrogen-bond donors (Lipinski definition) is 3. The first-order chi connectivity index (χ1) is 13.8. The van der Waals surface area contributed by atoms with E-state index in [1.54, 1.807) is 12.1 Å². The highest BCUT2D eigenvalue weighted by atomic mass is 19.1. The zero-order valence-electron chi connectivity index (χ0n) is 16.7. The van der Waals surface area contributed by atoms with Crippen LogP contribution in [0.4, 0.5) is 4.39 Å². The molecule has 3 heterocycles. The number of amides is 1. The minimum absolute atomic E-state index is 0.0884. The van der Waals surface area contributed by atoms with Gasteiger partial charge in [0.2, 0.25) is 0 Å². The van der Waals surface area contributed by atoms with E-state index in [9.17, 15) is 14.3 Å². The lowest BCUT2D eigenvalue weighted by Crippen LogP contribution is -2.54. The first-order valence-corrected chi connectivity index (χ1v) is 9.72. The molecule has 1 unspecified atom stereocenters. The number of piperazine rings is 1. The molecule has 3 aromatic rings. The molecule has 7 nitrogen and oxygen atoms in total. The Kier molecular flexibility index (Phi) is 4.96. The summed E-state index contributed by atoms with van der Waals surface area (Å²) in [6.45, 7) is 8.07. The fraction of sp³-hybridized carbons (Fsp3) is 0.381. The third-order valence-corrected chi connectivity index (χ3v) is 5.48. The van der Waals surface area contributed by atoms with Crippen molar-refractivity contribution >= 4 is 16.9 Å². The van der Waals surface area contributed by atoms with Gasteiger partial charge in [-0.3, -0.25) is 9.89 Å². The molecule has 152 valence electrons. The number of nitrogens with one attached hydrogen (secondary N) is 2. The topological polar surface area (TPSA) is 94.1 Å². The van der Waals surface area contributed by atoms with Crippen molar-refractivity contribution in [3.63, 3.8) is 0 Å². The maximum atomic E-state index is 13.9. The third kappa shape index (κ3) is 3.55. The number of aryl methyl sites for hydroxylation is 1. The SMILES string of the molecule is Cc1n[nH]c2nc(-c3ccc(O)c(F)c3)cc(C(=O)N3CCNC(C(C)C)C3)c12. The number of hydrogen-bond acceptors (Lipinski definition) is 5. The van der Waals surface area contributed by atoms with Crippen LogP contribution in [0.25, 0.3) is 22.3 Å². The Morgan fingerprint density at radius 2 is 2.14 bits per heavy atom. The predicted molar refractivity (Wildman–Crippen MR) is 108 cm³/mol. The van der Waals surface area contributed by atoms with Gasteiger partial charge in [-0.15, -0.1) is 0 Å². The van der Waals surface area contributed by atoms with Crippen molar-refractivity contribution in [3.8, 4) is 17.0 Å². The highest BCUT2D eigenvalue weighted by molar-refractivity contribution is 6.07. The summed E-state index contributed by atoms with van der Waals surface area (Å²) in [4.78, 5) is 19.8. The molecule has 29 heavy (non-hydrogen) atoms. The molecule has 1 aliphatic heterocycles. The molecule has 0 saturated carbocycles. The van der Waals surface area contributed by atoms with Gasteiger partial charge in [-0.2, -0.15) is 5.10 Å². The van der Waals surface area contributed by atoms with E-state index in [1.807, 2.05) is 11.8 Å². The minimum Gasteiger partial charge on any atom is -0.505 e. The van der Waals surface area contributed by atoms with E-state index in [0.717, 1.165) is 6.54 Å². The van der Waals surface area contributed by atoms with Gasteiger partial charge in [0.05, 0.1) is 22.3 Å². The van der Waals surface area contributed by atoms with Gasteiger partial charge in [-0.1, -0.05) is 13.8 Å². The van der Waals surface area contributed by atoms with Gasteiger partial charge < -0.3 is 15.3 Å². The number of carbonyl (C=O) groups is 1. The Balaban J connectivity index is 1.79. The molecule has 0 spiro atoms. The van der Waals surface area contributed by atoms with E-state index in [0.29, 0.717) is 52.6 Å². The average Bonchev–Trinajstić information content (AvgIpc) is 3.10. The smallest absolute Gasteiger partial charge is 0.254 e. The van der Waals surface area contributed by atoms with Crippen molar-refractivity contribution in [1.29, 1.82) is 0 Å². The number of phenolic OH excluding ortho intramolecular Hbond substituents is 1. The van der Waals surface area contributed by atoms with Gasteiger partial charge in [-0.05, 0) is 37.1 Å². The molecule has 1 fully saturated rings. The number of fused-ring (bicyclic) bond motifs is 1. The van der Waals surface area contributed by atoms with Gasteiger partial charge in [-0.25, -0.2) is 9.37 Å². The number of benzene rings is 1. The van der Waals surface area contributed by atoms with Crippen LogP contribution in [0.2, 0.25) is 0 Å². The van der Waals surface area contributed by atoms with Crippen molar-refractivity contribution < 1.29 is 14.3 Å². The summed E-state index contributed by atoms with van der Waals surface area (Å²) in [7, 11) is 0. The summed E-state index contributed by atoms with van der Waals surface area (Å²) in [5.41, 5.74) is 2.58. The maximum absolute atomic E-state index is 13.9. The molecule has 1 saturated heterocycles. The average molecular weight is 397 g/mol. The maximum Gasteiger partial charge on any atom is 0.254 e. The zero-order valence-corrected chi connectivity index (χ0v) is 16.7. The third-order valence-electron chi connectivity index (χ3n) is 5.48. The van der Waals surface area contributed by atoms with Crippen molar-refractivity contribution in [3.05, 3.63) is 41.3 Å².